The molecule has 0 aromatic carbocycles. The number of aryl methyl sites for hydroxylation is 1. The van der Waals surface area contributed by atoms with E-state index in [1.807, 2.05) is 13.0 Å². The Morgan fingerprint density at radius 1 is 1.70 bits per heavy atom. The molecule has 0 spiro atoms. The minimum absolute atomic E-state index is 0.575. The van der Waals surface area contributed by atoms with Gasteiger partial charge in [-0.25, -0.2) is 4.68 Å². The molecular weight excluding hydrogens is 128 g/mol. The fourth-order valence-corrected chi connectivity index (χ4v) is 0.867. The summed E-state index contributed by atoms with van der Waals surface area (Å²) in [5, 5.41) is 4.11. The molecule has 4 N–H and O–H groups in total. The van der Waals surface area contributed by atoms with Crippen LogP contribution in [0.2, 0.25) is 0 Å². The van der Waals surface area contributed by atoms with Crippen molar-refractivity contribution in [2.75, 3.05) is 12.3 Å². The van der Waals surface area contributed by atoms with Crippen molar-refractivity contribution in [2.24, 2.45) is 5.73 Å². The lowest BCUT2D eigenvalue weighted by molar-refractivity contribution is 0.628. The Bertz CT molecular complexity index is 216. The van der Waals surface area contributed by atoms with E-state index in [1.165, 1.54) is 0 Å². The van der Waals surface area contributed by atoms with Crippen LogP contribution in [0.3, 0.4) is 0 Å². The molecule has 0 aliphatic rings. The summed E-state index contributed by atoms with van der Waals surface area (Å²) in [5.74, 6) is 0.683. The molecule has 1 aromatic rings. The van der Waals surface area contributed by atoms with Crippen molar-refractivity contribution in [1.82, 2.24) is 9.78 Å². The van der Waals surface area contributed by atoms with Gasteiger partial charge in [-0.2, -0.15) is 5.10 Å². The molecule has 0 aliphatic heterocycles. The third-order valence-corrected chi connectivity index (χ3v) is 1.27. The maximum Gasteiger partial charge on any atom is 0.121 e. The van der Waals surface area contributed by atoms with Crippen molar-refractivity contribution >= 4 is 5.82 Å². The number of rotatable bonds is 2. The molecule has 56 valence electrons. The molecule has 0 aliphatic carbocycles. The summed E-state index contributed by atoms with van der Waals surface area (Å²) in [6, 6.07) is 1.83. The summed E-state index contributed by atoms with van der Waals surface area (Å²) in [5.41, 5.74) is 11.8. The van der Waals surface area contributed by atoms with E-state index in [0.29, 0.717) is 18.9 Å². The van der Waals surface area contributed by atoms with Crippen molar-refractivity contribution in [3.8, 4) is 0 Å². The highest BCUT2D eigenvalue weighted by Crippen LogP contribution is 2.03. The zero-order valence-electron chi connectivity index (χ0n) is 6.04. The van der Waals surface area contributed by atoms with Gasteiger partial charge in [0.1, 0.15) is 5.82 Å². The molecule has 0 amide bonds. The summed E-state index contributed by atoms with van der Waals surface area (Å²) in [4.78, 5) is 0. The van der Waals surface area contributed by atoms with Gasteiger partial charge in [-0.05, 0) is 6.92 Å². The first-order valence-electron chi connectivity index (χ1n) is 3.24. The van der Waals surface area contributed by atoms with Crippen molar-refractivity contribution < 1.29 is 0 Å². The molecule has 0 unspecified atom stereocenters. The summed E-state index contributed by atoms with van der Waals surface area (Å²) in [6.07, 6.45) is 0. The number of anilines is 1. The SMILES string of the molecule is Cc1cc(N)n(CCN)n1. The van der Waals surface area contributed by atoms with Crippen LogP contribution >= 0.6 is 0 Å². The van der Waals surface area contributed by atoms with E-state index in [4.69, 9.17) is 11.5 Å². The van der Waals surface area contributed by atoms with Crippen molar-refractivity contribution in [3.63, 3.8) is 0 Å². The molecule has 0 atom stereocenters. The highest BCUT2D eigenvalue weighted by Gasteiger charge is 1.97. The first-order valence-corrected chi connectivity index (χ1v) is 3.24. The second kappa shape index (κ2) is 2.70. The molecule has 1 rings (SSSR count). The van der Waals surface area contributed by atoms with Crippen LogP contribution in [0.5, 0.6) is 0 Å². The minimum atomic E-state index is 0.575. The van der Waals surface area contributed by atoms with E-state index in [1.54, 1.807) is 4.68 Å². The maximum absolute atomic E-state index is 5.57. The van der Waals surface area contributed by atoms with Crippen LogP contribution < -0.4 is 11.5 Å². The Morgan fingerprint density at radius 2 is 2.40 bits per heavy atom. The van der Waals surface area contributed by atoms with Crippen LogP contribution in [0, 0.1) is 6.92 Å². The average Bonchev–Trinajstić information content (AvgIpc) is 2.13. The van der Waals surface area contributed by atoms with Crippen molar-refractivity contribution in [3.05, 3.63) is 11.8 Å². The van der Waals surface area contributed by atoms with E-state index in [0.717, 1.165) is 5.69 Å². The van der Waals surface area contributed by atoms with Gasteiger partial charge >= 0.3 is 0 Å². The second-order valence-electron chi connectivity index (χ2n) is 2.22. The predicted octanol–water partition coefficient (Wildman–Crippen LogP) is -0.268. The normalized spacial score (nSPS) is 10.2. The molecule has 1 heterocycles. The molecule has 10 heavy (non-hydrogen) atoms. The lowest BCUT2D eigenvalue weighted by Crippen LogP contribution is -2.13. The molecule has 0 saturated heterocycles. The van der Waals surface area contributed by atoms with Crippen LogP contribution in [0.1, 0.15) is 5.69 Å². The standard InChI is InChI=1S/C6H12N4/c1-5-4-6(8)10(9-5)3-2-7/h4H,2-3,7-8H2,1H3. The molecule has 0 radical (unpaired) electrons. The largest absolute Gasteiger partial charge is 0.384 e. The highest BCUT2D eigenvalue weighted by atomic mass is 15.3. The van der Waals surface area contributed by atoms with Gasteiger partial charge < -0.3 is 11.5 Å². The molecule has 0 saturated carbocycles. The van der Waals surface area contributed by atoms with Gasteiger partial charge in [0, 0.05) is 12.6 Å². The number of nitrogens with two attached hydrogens (primary N) is 2. The first kappa shape index (κ1) is 7.08. The summed E-state index contributed by atoms with van der Waals surface area (Å²) in [6.45, 7) is 3.17. The average molecular weight is 140 g/mol. The predicted molar refractivity (Wildman–Crippen MR) is 40.4 cm³/mol. The first-order chi connectivity index (χ1) is 4.74. The van der Waals surface area contributed by atoms with E-state index in [2.05, 4.69) is 5.10 Å². The van der Waals surface area contributed by atoms with Crippen LogP contribution in [-0.4, -0.2) is 16.3 Å². The Balaban J connectivity index is 2.81. The Labute approximate surface area is 59.8 Å². The smallest absolute Gasteiger partial charge is 0.121 e. The molecule has 1 aromatic heterocycles. The number of hydrogen-bond acceptors (Lipinski definition) is 3. The highest BCUT2D eigenvalue weighted by molar-refractivity contribution is 5.29. The fraction of sp³-hybridized carbons (Fsp3) is 0.500. The third kappa shape index (κ3) is 1.27. The Morgan fingerprint density at radius 3 is 2.80 bits per heavy atom. The number of nitrogen functional groups attached to an aromatic ring is 1. The third-order valence-electron chi connectivity index (χ3n) is 1.27. The molecule has 0 fully saturated rings. The summed E-state index contributed by atoms with van der Waals surface area (Å²) in [7, 11) is 0. The van der Waals surface area contributed by atoms with Gasteiger partial charge in [0.05, 0.1) is 12.2 Å². The van der Waals surface area contributed by atoms with Gasteiger partial charge in [0.15, 0.2) is 0 Å². The summed E-state index contributed by atoms with van der Waals surface area (Å²) >= 11 is 0. The zero-order valence-corrected chi connectivity index (χ0v) is 6.04. The Hall–Kier alpha value is -1.03. The van der Waals surface area contributed by atoms with Crippen molar-refractivity contribution in [2.45, 2.75) is 13.5 Å². The van der Waals surface area contributed by atoms with Gasteiger partial charge in [-0.3, -0.25) is 0 Å². The van der Waals surface area contributed by atoms with Gasteiger partial charge in [-0.1, -0.05) is 0 Å². The van der Waals surface area contributed by atoms with E-state index >= 15 is 0 Å². The van der Waals surface area contributed by atoms with Gasteiger partial charge in [0.2, 0.25) is 0 Å². The van der Waals surface area contributed by atoms with Gasteiger partial charge in [-0.15, -0.1) is 0 Å². The lowest BCUT2D eigenvalue weighted by Gasteiger charge is -1.98. The van der Waals surface area contributed by atoms with E-state index < -0.39 is 0 Å². The van der Waals surface area contributed by atoms with Crippen LogP contribution in [0.25, 0.3) is 0 Å². The zero-order chi connectivity index (χ0) is 7.56. The second-order valence-corrected chi connectivity index (χ2v) is 2.22. The molecule has 0 bridgehead atoms. The van der Waals surface area contributed by atoms with Crippen LogP contribution in [0.4, 0.5) is 5.82 Å². The van der Waals surface area contributed by atoms with Crippen LogP contribution in [0.15, 0.2) is 6.07 Å². The summed E-state index contributed by atoms with van der Waals surface area (Å²) < 4.78 is 1.70. The number of nitrogens with zero attached hydrogens (tertiary/aromatic N) is 2. The maximum atomic E-state index is 5.57. The van der Waals surface area contributed by atoms with E-state index in [-0.39, 0.29) is 0 Å². The quantitative estimate of drug-likeness (QED) is 0.594. The monoisotopic (exact) mass is 140 g/mol. The van der Waals surface area contributed by atoms with E-state index in [9.17, 15) is 0 Å². The number of aromatic nitrogens is 2. The number of hydrogen-bond donors (Lipinski definition) is 2. The molecular formula is C6H12N4. The lowest BCUT2D eigenvalue weighted by atomic mass is 10.5. The molecule has 4 nitrogen and oxygen atoms in total. The van der Waals surface area contributed by atoms with Crippen molar-refractivity contribution in [1.29, 1.82) is 0 Å². The Kier molecular flexibility index (Phi) is 1.91. The minimum Gasteiger partial charge on any atom is -0.384 e. The topological polar surface area (TPSA) is 69.9 Å². The molecule has 4 heteroatoms. The fourth-order valence-electron chi connectivity index (χ4n) is 0.867. The van der Waals surface area contributed by atoms with Crippen LogP contribution in [-0.2, 0) is 6.54 Å². The van der Waals surface area contributed by atoms with Gasteiger partial charge in [0.25, 0.3) is 0 Å².